The Labute approximate surface area is 173 Å². The molecule has 0 aliphatic heterocycles. The number of nitrogens with zero attached hydrogens (tertiary/aromatic N) is 5. The topological polar surface area (TPSA) is 92.5 Å². The van der Waals surface area contributed by atoms with E-state index in [4.69, 9.17) is 9.72 Å². The van der Waals surface area contributed by atoms with Gasteiger partial charge in [0.05, 0.1) is 13.0 Å². The molecule has 0 N–H and O–H groups in total. The molecule has 0 unspecified atom stereocenters. The van der Waals surface area contributed by atoms with Crippen LogP contribution in [0.2, 0.25) is 0 Å². The van der Waals surface area contributed by atoms with Gasteiger partial charge in [0.15, 0.2) is 11.2 Å². The summed E-state index contributed by atoms with van der Waals surface area (Å²) in [5.74, 6) is 0.280. The van der Waals surface area contributed by atoms with E-state index < -0.39 is 17.2 Å². The molecule has 9 heteroatoms. The molecule has 0 spiro atoms. The summed E-state index contributed by atoms with van der Waals surface area (Å²) in [7, 11) is 1.62. The van der Waals surface area contributed by atoms with E-state index in [0.717, 1.165) is 28.8 Å². The van der Waals surface area contributed by atoms with Gasteiger partial charge >= 0.3 is 11.7 Å². The van der Waals surface area contributed by atoms with Crippen molar-refractivity contribution in [3.8, 4) is 0 Å². The van der Waals surface area contributed by atoms with E-state index in [1.54, 1.807) is 14.0 Å². The van der Waals surface area contributed by atoms with Crippen molar-refractivity contribution in [2.75, 3.05) is 6.61 Å². The van der Waals surface area contributed by atoms with Crippen molar-refractivity contribution in [1.29, 1.82) is 0 Å². The Bertz CT molecular complexity index is 1240. The monoisotopic (exact) mass is 415 g/mol. The first kappa shape index (κ1) is 20.4. The van der Waals surface area contributed by atoms with Gasteiger partial charge < -0.3 is 9.30 Å². The van der Waals surface area contributed by atoms with E-state index in [9.17, 15) is 14.4 Å². The van der Waals surface area contributed by atoms with Crippen molar-refractivity contribution in [2.45, 2.75) is 71.9 Å². The number of imidazole rings is 2. The average Bonchev–Trinajstić information content (AvgIpc) is 3.23. The highest BCUT2D eigenvalue weighted by Gasteiger charge is 2.26. The summed E-state index contributed by atoms with van der Waals surface area (Å²) in [6, 6.07) is 0.356. The highest BCUT2D eigenvalue weighted by Crippen LogP contribution is 2.33. The summed E-state index contributed by atoms with van der Waals surface area (Å²) in [5, 5.41) is 0. The molecule has 0 aromatic carbocycles. The van der Waals surface area contributed by atoms with Crippen LogP contribution in [0.15, 0.2) is 9.59 Å². The molecule has 3 aromatic heterocycles. The third-order valence-corrected chi connectivity index (χ3v) is 6.35. The van der Waals surface area contributed by atoms with Gasteiger partial charge in [0.2, 0.25) is 5.78 Å². The average molecular weight is 415 g/mol. The largest absolute Gasteiger partial charge is 0.466 e. The standard InChI is InChI=1S/C21H29N5O4/c1-5-30-16(27)11-12-24-19(28)17-18(23(4)21(24)29)22-20-25(13(2)14(3)26(17)20)15-9-7-6-8-10-15/h15H,5-12H2,1-4H3. The molecule has 162 valence electrons. The summed E-state index contributed by atoms with van der Waals surface area (Å²) in [6.45, 7) is 6.01. The predicted octanol–water partition coefficient (Wildman–Crippen LogP) is 2.22. The maximum absolute atomic E-state index is 13.3. The fourth-order valence-corrected chi connectivity index (χ4v) is 4.68. The predicted molar refractivity (Wildman–Crippen MR) is 113 cm³/mol. The second kappa shape index (κ2) is 7.77. The zero-order valence-corrected chi connectivity index (χ0v) is 18.1. The first-order valence-electron chi connectivity index (χ1n) is 10.7. The summed E-state index contributed by atoms with van der Waals surface area (Å²) in [6.07, 6.45) is 5.78. The smallest absolute Gasteiger partial charge is 0.332 e. The van der Waals surface area contributed by atoms with Crippen molar-refractivity contribution in [3.05, 3.63) is 32.2 Å². The number of ether oxygens (including phenoxy) is 1. The third kappa shape index (κ3) is 3.07. The van der Waals surface area contributed by atoms with Crippen molar-refractivity contribution < 1.29 is 9.53 Å². The van der Waals surface area contributed by atoms with Gasteiger partial charge in [-0.2, -0.15) is 4.98 Å². The fraction of sp³-hybridized carbons (Fsp3) is 0.619. The number of esters is 1. The van der Waals surface area contributed by atoms with Crippen LogP contribution in [-0.2, 0) is 23.1 Å². The number of carbonyl (C=O) groups excluding carboxylic acids is 1. The number of rotatable bonds is 5. The second-order valence-electron chi connectivity index (χ2n) is 8.11. The van der Waals surface area contributed by atoms with E-state index in [1.165, 1.54) is 23.8 Å². The summed E-state index contributed by atoms with van der Waals surface area (Å²) in [5.41, 5.74) is 1.90. The van der Waals surface area contributed by atoms with Crippen molar-refractivity contribution in [3.63, 3.8) is 0 Å². The molecule has 1 saturated carbocycles. The first-order valence-corrected chi connectivity index (χ1v) is 10.7. The molecule has 0 atom stereocenters. The van der Waals surface area contributed by atoms with Crippen LogP contribution in [0.3, 0.4) is 0 Å². The first-order chi connectivity index (χ1) is 14.4. The van der Waals surface area contributed by atoms with Gasteiger partial charge in [0.25, 0.3) is 5.56 Å². The molecule has 1 fully saturated rings. The Morgan fingerprint density at radius 3 is 2.50 bits per heavy atom. The normalized spacial score (nSPS) is 15.3. The van der Waals surface area contributed by atoms with E-state index in [0.29, 0.717) is 23.0 Å². The van der Waals surface area contributed by atoms with E-state index >= 15 is 0 Å². The molecular formula is C21H29N5O4. The highest BCUT2D eigenvalue weighted by atomic mass is 16.5. The molecule has 3 aromatic rings. The number of aromatic nitrogens is 5. The number of aryl methyl sites for hydroxylation is 2. The second-order valence-corrected chi connectivity index (χ2v) is 8.11. The van der Waals surface area contributed by atoms with Crippen LogP contribution in [0.1, 0.15) is 62.9 Å². The van der Waals surface area contributed by atoms with Gasteiger partial charge in [0, 0.05) is 31.0 Å². The molecular weight excluding hydrogens is 386 g/mol. The Morgan fingerprint density at radius 2 is 1.83 bits per heavy atom. The highest BCUT2D eigenvalue weighted by molar-refractivity contribution is 5.76. The van der Waals surface area contributed by atoms with Crippen LogP contribution in [0.5, 0.6) is 0 Å². The Morgan fingerprint density at radius 1 is 1.13 bits per heavy atom. The summed E-state index contributed by atoms with van der Waals surface area (Å²) in [4.78, 5) is 42.7. The molecule has 30 heavy (non-hydrogen) atoms. The SMILES string of the molecule is CCOC(=O)CCn1c(=O)c2c(nc3n(C4CCCCC4)c(C)c(C)n23)n(C)c1=O. The summed E-state index contributed by atoms with van der Waals surface area (Å²) < 4.78 is 11.6. The minimum absolute atomic E-state index is 0.0190. The third-order valence-electron chi connectivity index (χ3n) is 6.35. The molecule has 0 radical (unpaired) electrons. The van der Waals surface area contributed by atoms with Crippen LogP contribution in [0, 0.1) is 13.8 Å². The van der Waals surface area contributed by atoms with Crippen molar-refractivity contribution in [2.24, 2.45) is 7.05 Å². The van der Waals surface area contributed by atoms with Crippen LogP contribution in [-0.4, -0.2) is 35.7 Å². The molecule has 0 bridgehead atoms. The quantitative estimate of drug-likeness (QED) is 0.596. The molecule has 0 amide bonds. The summed E-state index contributed by atoms with van der Waals surface area (Å²) >= 11 is 0. The number of hydrogen-bond donors (Lipinski definition) is 0. The molecule has 1 aliphatic carbocycles. The minimum atomic E-state index is -0.476. The van der Waals surface area contributed by atoms with Crippen LogP contribution >= 0.6 is 0 Å². The number of carbonyl (C=O) groups is 1. The van der Waals surface area contributed by atoms with Crippen LogP contribution in [0.25, 0.3) is 16.9 Å². The van der Waals surface area contributed by atoms with E-state index in [-0.39, 0.29) is 19.6 Å². The zero-order chi connectivity index (χ0) is 21.6. The molecule has 4 rings (SSSR count). The van der Waals surface area contributed by atoms with Crippen LogP contribution < -0.4 is 11.2 Å². The molecule has 0 saturated heterocycles. The van der Waals surface area contributed by atoms with E-state index in [1.807, 2.05) is 11.3 Å². The molecule has 9 nitrogen and oxygen atoms in total. The lowest BCUT2D eigenvalue weighted by Crippen LogP contribution is -2.40. The number of hydrogen-bond acceptors (Lipinski definition) is 5. The lowest BCUT2D eigenvalue weighted by atomic mass is 9.95. The van der Waals surface area contributed by atoms with Gasteiger partial charge in [0.1, 0.15) is 0 Å². The van der Waals surface area contributed by atoms with Gasteiger partial charge in [-0.1, -0.05) is 19.3 Å². The van der Waals surface area contributed by atoms with Gasteiger partial charge in [-0.3, -0.25) is 23.1 Å². The van der Waals surface area contributed by atoms with Crippen molar-refractivity contribution in [1.82, 2.24) is 23.1 Å². The maximum atomic E-state index is 13.3. The van der Waals surface area contributed by atoms with Crippen LogP contribution in [0.4, 0.5) is 0 Å². The molecule has 3 heterocycles. The Kier molecular flexibility index (Phi) is 5.29. The van der Waals surface area contributed by atoms with Gasteiger partial charge in [-0.15, -0.1) is 0 Å². The molecule has 1 aliphatic rings. The van der Waals surface area contributed by atoms with Gasteiger partial charge in [-0.05, 0) is 33.6 Å². The zero-order valence-electron chi connectivity index (χ0n) is 18.1. The fourth-order valence-electron chi connectivity index (χ4n) is 4.68. The Balaban J connectivity index is 1.92. The minimum Gasteiger partial charge on any atom is -0.466 e. The van der Waals surface area contributed by atoms with Crippen molar-refractivity contribution >= 4 is 22.9 Å². The maximum Gasteiger partial charge on any atom is 0.332 e. The van der Waals surface area contributed by atoms with E-state index in [2.05, 4.69) is 11.5 Å². The lowest BCUT2D eigenvalue weighted by molar-refractivity contribution is -0.143. The Hall–Kier alpha value is -2.84. The lowest BCUT2D eigenvalue weighted by Gasteiger charge is -2.24. The number of fused-ring (bicyclic) bond motifs is 3. The van der Waals surface area contributed by atoms with Gasteiger partial charge in [-0.25, -0.2) is 4.79 Å².